The molecule has 3 amide bonds. The number of carbonyl (C=O) groups excluding carboxylic acids is 2. The fourth-order valence-electron chi connectivity index (χ4n) is 2.10. The smallest absolute Gasteiger partial charge is 0.319 e. The van der Waals surface area contributed by atoms with Crippen LogP contribution in [-0.4, -0.2) is 22.9 Å². The number of nitrogens with one attached hydrogen (secondary N) is 1. The van der Waals surface area contributed by atoms with Gasteiger partial charge in [-0.05, 0) is 26.3 Å². The third-order valence-corrected chi connectivity index (χ3v) is 3.09. The molecule has 0 radical (unpaired) electrons. The second-order valence-electron chi connectivity index (χ2n) is 4.69. The minimum atomic E-state index is -0.942. The number of nitrogens with zero attached hydrogens (tertiary/aromatic N) is 1. The predicted molar refractivity (Wildman–Crippen MR) is 64.3 cm³/mol. The van der Waals surface area contributed by atoms with E-state index in [9.17, 15) is 9.59 Å². The third-order valence-electron chi connectivity index (χ3n) is 3.09. The third kappa shape index (κ3) is 1.69. The Morgan fingerprint density at radius 2 is 1.76 bits per heavy atom. The first-order valence-corrected chi connectivity index (χ1v) is 5.68. The molecular formula is C13H16N2O2. The Morgan fingerprint density at radius 3 is 2.24 bits per heavy atom. The SMILES string of the molecule is CC(C)N1C(=O)NC(C)(c2ccccc2)C1=O. The van der Waals surface area contributed by atoms with E-state index in [1.807, 2.05) is 44.2 Å². The molecule has 1 N–H and O–H groups in total. The van der Waals surface area contributed by atoms with Gasteiger partial charge in [0.25, 0.3) is 5.91 Å². The first kappa shape index (κ1) is 11.6. The molecule has 1 atom stereocenters. The number of amides is 3. The Bertz CT molecular complexity index is 456. The van der Waals surface area contributed by atoms with Crippen molar-refractivity contribution in [3.63, 3.8) is 0 Å². The quantitative estimate of drug-likeness (QED) is 0.791. The molecule has 2 rings (SSSR count). The van der Waals surface area contributed by atoms with Crippen LogP contribution in [0.25, 0.3) is 0 Å². The van der Waals surface area contributed by atoms with E-state index in [-0.39, 0.29) is 18.0 Å². The fourth-order valence-corrected chi connectivity index (χ4v) is 2.10. The maximum atomic E-state index is 12.3. The Balaban J connectivity index is 2.42. The Labute approximate surface area is 101 Å². The van der Waals surface area contributed by atoms with Crippen LogP contribution in [0.1, 0.15) is 26.3 Å². The van der Waals surface area contributed by atoms with Gasteiger partial charge in [-0.1, -0.05) is 30.3 Å². The number of hydrogen-bond donors (Lipinski definition) is 1. The van der Waals surface area contributed by atoms with Crippen molar-refractivity contribution >= 4 is 11.9 Å². The Kier molecular flexibility index (Phi) is 2.65. The molecule has 1 aromatic rings. The number of carbonyl (C=O) groups is 2. The van der Waals surface area contributed by atoms with E-state index < -0.39 is 5.54 Å². The maximum absolute atomic E-state index is 12.3. The summed E-state index contributed by atoms with van der Waals surface area (Å²) >= 11 is 0. The van der Waals surface area contributed by atoms with Crippen molar-refractivity contribution < 1.29 is 9.59 Å². The van der Waals surface area contributed by atoms with Crippen LogP contribution in [0, 0.1) is 0 Å². The van der Waals surface area contributed by atoms with Crippen molar-refractivity contribution in [2.45, 2.75) is 32.4 Å². The molecule has 0 aliphatic carbocycles. The molecule has 0 aromatic heterocycles. The van der Waals surface area contributed by atoms with Gasteiger partial charge in [-0.15, -0.1) is 0 Å². The standard InChI is InChI=1S/C13H16N2O2/c1-9(2)15-11(16)13(3,14-12(15)17)10-7-5-4-6-8-10/h4-9H,1-3H3,(H,14,17). The molecule has 1 saturated heterocycles. The summed E-state index contributed by atoms with van der Waals surface area (Å²) in [6.45, 7) is 5.40. The van der Waals surface area contributed by atoms with Gasteiger partial charge in [0.1, 0.15) is 5.54 Å². The van der Waals surface area contributed by atoms with E-state index in [1.165, 1.54) is 4.90 Å². The molecule has 0 saturated carbocycles. The predicted octanol–water partition coefficient (Wildman–Crippen LogP) is 1.86. The number of benzene rings is 1. The summed E-state index contributed by atoms with van der Waals surface area (Å²) in [6, 6.07) is 8.85. The highest BCUT2D eigenvalue weighted by Crippen LogP contribution is 2.29. The first-order valence-electron chi connectivity index (χ1n) is 5.68. The molecule has 4 heteroatoms. The van der Waals surface area contributed by atoms with Gasteiger partial charge in [-0.25, -0.2) is 4.79 Å². The normalized spacial score (nSPS) is 24.4. The van der Waals surface area contributed by atoms with E-state index in [1.54, 1.807) is 6.92 Å². The van der Waals surface area contributed by atoms with Crippen molar-refractivity contribution in [1.29, 1.82) is 0 Å². The van der Waals surface area contributed by atoms with Gasteiger partial charge < -0.3 is 5.32 Å². The molecule has 0 bridgehead atoms. The van der Waals surface area contributed by atoms with E-state index in [0.717, 1.165) is 5.56 Å². The van der Waals surface area contributed by atoms with E-state index >= 15 is 0 Å². The van der Waals surface area contributed by atoms with Crippen LogP contribution < -0.4 is 5.32 Å². The first-order chi connectivity index (χ1) is 7.97. The highest BCUT2D eigenvalue weighted by molar-refractivity contribution is 6.07. The highest BCUT2D eigenvalue weighted by atomic mass is 16.2. The lowest BCUT2D eigenvalue weighted by Crippen LogP contribution is -2.41. The van der Waals surface area contributed by atoms with Crippen LogP contribution >= 0.6 is 0 Å². The van der Waals surface area contributed by atoms with E-state index in [2.05, 4.69) is 5.32 Å². The van der Waals surface area contributed by atoms with Crippen molar-refractivity contribution in [2.24, 2.45) is 0 Å². The van der Waals surface area contributed by atoms with Crippen molar-refractivity contribution in [1.82, 2.24) is 10.2 Å². The number of urea groups is 1. The van der Waals surface area contributed by atoms with Gasteiger partial charge in [-0.3, -0.25) is 9.69 Å². The lowest BCUT2D eigenvalue weighted by atomic mass is 9.92. The molecule has 1 aliphatic rings. The summed E-state index contributed by atoms with van der Waals surface area (Å²) in [6.07, 6.45) is 0. The number of rotatable bonds is 2. The van der Waals surface area contributed by atoms with Gasteiger partial charge in [0.05, 0.1) is 0 Å². The van der Waals surface area contributed by atoms with Crippen molar-refractivity contribution in [3.05, 3.63) is 35.9 Å². The van der Waals surface area contributed by atoms with Gasteiger partial charge in [0.15, 0.2) is 0 Å². The molecule has 0 spiro atoms. The number of imide groups is 1. The summed E-state index contributed by atoms with van der Waals surface area (Å²) in [7, 11) is 0. The van der Waals surface area contributed by atoms with Gasteiger partial charge in [0.2, 0.25) is 0 Å². The molecule has 1 aliphatic heterocycles. The molecule has 1 heterocycles. The molecule has 4 nitrogen and oxygen atoms in total. The molecule has 17 heavy (non-hydrogen) atoms. The molecule has 1 fully saturated rings. The Morgan fingerprint density at radius 1 is 1.18 bits per heavy atom. The molecule has 90 valence electrons. The number of hydrogen-bond acceptors (Lipinski definition) is 2. The van der Waals surface area contributed by atoms with Crippen molar-refractivity contribution in [3.8, 4) is 0 Å². The highest BCUT2D eigenvalue weighted by Gasteiger charge is 2.49. The van der Waals surface area contributed by atoms with Gasteiger partial charge in [-0.2, -0.15) is 0 Å². The summed E-state index contributed by atoms with van der Waals surface area (Å²) < 4.78 is 0. The van der Waals surface area contributed by atoms with Crippen LogP contribution in [-0.2, 0) is 10.3 Å². The molecule has 1 aromatic carbocycles. The van der Waals surface area contributed by atoms with Crippen LogP contribution in [0.5, 0.6) is 0 Å². The van der Waals surface area contributed by atoms with E-state index in [4.69, 9.17) is 0 Å². The van der Waals surface area contributed by atoms with Crippen LogP contribution in [0.3, 0.4) is 0 Å². The zero-order valence-electron chi connectivity index (χ0n) is 10.2. The average molecular weight is 232 g/mol. The summed E-state index contributed by atoms with van der Waals surface area (Å²) in [5, 5.41) is 2.77. The van der Waals surface area contributed by atoms with Gasteiger partial charge >= 0.3 is 6.03 Å². The van der Waals surface area contributed by atoms with E-state index in [0.29, 0.717) is 0 Å². The monoisotopic (exact) mass is 232 g/mol. The second-order valence-corrected chi connectivity index (χ2v) is 4.69. The summed E-state index contributed by atoms with van der Waals surface area (Å²) in [5.41, 5.74) is -0.135. The van der Waals surface area contributed by atoms with Crippen LogP contribution in [0.2, 0.25) is 0 Å². The lowest BCUT2D eigenvalue weighted by Gasteiger charge is -2.23. The summed E-state index contributed by atoms with van der Waals surface area (Å²) in [4.78, 5) is 25.4. The summed E-state index contributed by atoms with van der Waals surface area (Å²) in [5.74, 6) is -0.191. The van der Waals surface area contributed by atoms with Crippen molar-refractivity contribution in [2.75, 3.05) is 0 Å². The topological polar surface area (TPSA) is 49.4 Å². The second kappa shape index (κ2) is 3.87. The minimum Gasteiger partial charge on any atom is -0.319 e. The lowest BCUT2D eigenvalue weighted by molar-refractivity contribution is -0.132. The molecular weight excluding hydrogens is 216 g/mol. The zero-order chi connectivity index (χ0) is 12.6. The largest absolute Gasteiger partial charge is 0.325 e. The average Bonchev–Trinajstić information content (AvgIpc) is 2.52. The molecule has 1 unspecified atom stereocenters. The minimum absolute atomic E-state index is 0.131. The fraction of sp³-hybridized carbons (Fsp3) is 0.385. The van der Waals surface area contributed by atoms with Gasteiger partial charge in [0, 0.05) is 6.04 Å². The van der Waals surface area contributed by atoms with Crippen LogP contribution in [0.4, 0.5) is 4.79 Å². The van der Waals surface area contributed by atoms with Crippen LogP contribution in [0.15, 0.2) is 30.3 Å². The maximum Gasteiger partial charge on any atom is 0.325 e. The zero-order valence-corrected chi connectivity index (χ0v) is 10.2. The Hall–Kier alpha value is -1.84.